The largest absolute Gasteiger partial charge is 0.487 e. The van der Waals surface area contributed by atoms with Crippen LogP contribution in [-0.4, -0.2) is 60.1 Å². The second-order valence-electron chi connectivity index (χ2n) is 10.6. The van der Waals surface area contributed by atoms with Gasteiger partial charge in [-0.1, -0.05) is 12.1 Å². The first kappa shape index (κ1) is 29.0. The van der Waals surface area contributed by atoms with Crippen LogP contribution in [0, 0.1) is 5.41 Å². The van der Waals surface area contributed by atoms with E-state index in [0.29, 0.717) is 85.6 Å². The summed E-state index contributed by atoms with van der Waals surface area (Å²) < 4.78 is 30.2. The molecule has 42 heavy (non-hydrogen) atoms. The van der Waals surface area contributed by atoms with Crippen molar-refractivity contribution in [3.05, 3.63) is 54.7 Å². The van der Waals surface area contributed by atoms with Gasteiger partial charge in [0.1, 0.15) is 24.7 Å². The van der Waals surface area contributed by atoms with Gasteiger partial charge in [0.2, 0.25) is 5.95 Å². The molecule has 0 spiro atoms. The van der Waals surface area contributed by atoms with E-state index in [2.05, 4.69) is 10.6 Å². The summed E-state index contributed by atoms with van der Waals surface area (Å²) >= 11 is 0. The van der Waals surface area contributed by atoms with E-state index in [0.717, 1.165) is 5.39 Å². The Morgan fingerprint density at radius 1 is 0.929 bits per heavy atom. The van der Waals surface area contributed by atoms with Crippen molar-refractivity contribution in [2.24, 2.45) is 5.41 Å². The first-order valence-electron chi connectivity index (χ1n) is 13.8. The van der Waals surface area contributed by atoms with Gasteiger partial charge in [0.05, 0.1) is 48.6 Å². The van der Waals surface area contributed by atoms with Gasteiger partial charge in [-0.25, -0.2) is 0 Å². The average Bonchev–Trinajstić information content (AvgIpc) is 3.36. The van der Waals surface area contributed by atoms with E-state index in [4.69, 9.17) is 39.4 Å². The number of carbonyl (C=O) groups excluding carboxylic acids is 1. The monoisotopic (exact) mass is 576 g/mol. The van der Waals surface area contributed by atoms with E-state index in [1.54, 1.807) is 10.8 Å². The van der Waals surface area contributed by atoms with Crippen LogP contribution in [0.1, 0.15) is 20.8 Å². The first-order chi connectivity index (χ1) is 20.3. The predicted octanol–water partition coefficient (Wildman–Crippen LogP) is 4.85. The second-order valence-corrected chi connectivity index (χ2v) is 10.6. The second kappa shape index (κ2) is 13.0. The third-order valence-corrected chi connectivity index (χ3v) is 6.32. The number of hydrogen-bond acceptors (Lipinski definition) is 11. The number of benzene rings is 2. The predicted molar refractivity (Wildman–Crippen MR) is 160 cm³/mol. The highest BCUT2D eigenvalue weighted by molar-refractivity contribution is 5.92. The lowest BCUT2D eigenvalue weighted by Gasteiger charge is -2.18. The normalized spacial score (nSPS) is 14.5. The fourth-order valence-electron chi connectivity index (χ4n) is 4.09. The maximum Gasteiger partial charge on any atom is 0.312 e. The number of rotatable bonds is 6. The summed E-state index contributed by atoms with van der Waals surface area (Å²) in [7, 11) is 0. The quantitative estimate of drug-likeness (QED) is 0.214. The molecule has 3 heterocycles. The van der Waals surface area contributed by atoms with Crippen LogP contribution >= 0.6 is 0 Å². The van der Waals surface area contributed by atoms with Gasteiger partial charge in [-0.05, 0) is 51.1 Å². The van der Waals surface area contributed by atoms with Crippen LogP contribution in [0.5, 0.6) is 11.5 Å². The van der Waals surface area contributed by atoms with Crippen LogP contribution in [0.4, 0.5) is 28.8 Å². The SMILES string of the molecule is CC(C)(C)C(=O)OCn1ccc2c(Nc3ccccc3N)nc(Nc3ccc4c(c3)OCCOCCOCCO4)nc21. The number of esters is 1. The Bertz CT molecular complexity index is 1530. The van der Waals surface area contributed by atoms with Gasteiger partial charge in [0.15, 0.2) is 18.2 Å². The van der Waals surface area contributed by atoms with E-state index >= 15 is 0 Å². The zero-order valence-corrected chi connectivity index (χ0v) is 24.0. The van der Waals surface area contributed by atoms with Gasteiger partial charge in [0.25, 0.3) is 0 Å². The Morgan fingerprint density at radius 2 is 1.64 bits per heavy atom. The van der Waals surface area contributed by atoms with Crippen LogP contribution in [0.3, 0.4) is 0 Å². The summed E-state index contributed by atoms with van der Waals surface area (Å²) in [6.07, 6.45) is 1.80. The molecule has 2 aromatic carbocycles. The van der Waals surface area contributed by atoms with Gasteiger partial charge < -0.3 is 40.1 Å². The molecular weight excluding hydrogens is 540 g/mol. The topological polar surface area (TPSA) is 144 Å². The molecule has 5 rings (SSSR count). The van der Waals surface area contributed by atoms with Gasteiger partial charge >= 0.3 is 5.97 Å². The number of nitrogens with two attached hydrogens (primary N) is 1. The molecule has 0 radical (unpaired) electrons. The summed E-state index contributed by atoms with van der Waals surface area (Å²) in [6, 6.07) is 14.8. The summed E-state index contributed by atoms with van der Waals surface area (Å²) in [4.78, 5) is 22.0. The van der Waals surface area contributed by atoms with Crippen molar-refractivity contribution in [3.63, 3.8) is 0 Å². The molecular formula is C30H36N6O6. The van der Waals surface area contributed by atoms with E-state index in [1.807, 2.05) is 69.3 Å². The summed E-state index contributed by atoms with van der Waals surface area (Å²) in [5, 5.41) is 7.33. The lowest BCUT2D eigenvalue weighted by atomic mass is 9.98. The number of carbonyl (C=O) groups is 1. The summed E-state index contributed by atoms with van der Waals surface area (Å²) in [6.45, 7) is 8.06. The van der Waals surface area contributed by atoms with Crippen molar-refractivity contribution >= 4 is 45.8 Å². The van der Waals surface area contributed by atoms with Crippen molar-refractivity contribution in [2.75, 3.05) is 56.0 Å². The van der Waals surface area contributed by atoms with Crippen molar-refractivity contribution < 1.29 is 28.5 Å². The number of anilines is 5. The van der Waals surface area contributed by atoms with Crippen molar-refractivity contribution in [2.45, 2.75) is 27.5 Å². The van der Waals surface area contributed by atoms with Crippen molar-refractivity contribution in [1.29, 1.82) is 0 Å². The van der Waals surface area contributed by atoms with Gasteiger partial charge in [0, 0.05) is 18.0 Å². The third kappa shape index (κ3) is 7.20. The number of nitrogens with one attached hydrogen (secondary N) is 2. The Kier molecular flexibility index (Phi) is 8.94. The van der Waals surface area contributed by atoms with Crippen LogP contribution < -0.4 is 25.8 Å². The van der Waals surface area contributed by atoms with E-state index in [9.17, 15) is 4.79 Å². The molecule has 2 aromatic heterocycles. The molecule has 0 unspecified atom stereocenters. The fraction of sp³-hybridized carbons (Fsp3) is 0.367. The highest BCUT2D eigenvalue weighted by atomic mass is 16.6. The molecule has 0 fully saturated rings. The number of ether oxygens (including phenoxy) is 5. The average molecular weight is 577 g/mol. The highest BCUT2D eigenvalue weighted by Gasteiger charge is 2.23. The summed E-state index contributed by atoms with van der Waals surface area (Å²) in [5.74, 6) is 1.68. The molecule has 1 aliphatic rings. The minimum Gasteiger partial charge on any atom is -0.487 e. The molecule has 222 valence electrons. The number of para-hydroxylation sites is 2. The number of fused-ring (bicyclic) bond motifs is 2. The maximum atomic E-state index is 12.4. The van der Waals surface area contributed by atoms with Crippen LogP contribution in [0.25, 0.3) is 11.0 Å². The van der Waals surface area contributed by atoms with Gasteiger partial charge in [-0.15, -0.1) is 0 Å². The van der Waals surface area contributed by atoms with Gasteiger partial charge in [-0.2, -0.15) is 9.97 Å². The lowest BCUT2D eigenvalue weighted by molar-refractivity contribution is -0.156. The molecule has 0 atom stereocenters. The molecule has 0 bridgehead atoms. The summed E-state index contributed by atoms with van der Waals surface area (Å²) in [5.41, 5.74) is 8.09. The smallest absolute Gasteiger partial charge is 0.312 e. The van der Waals surface area contributed by atoms with Crippen LogP contribution in [-0.2, 0) is 25.7 Å². The van der Waals surface area contributed by atoms with E-state index < -0.39 is 5.41 Å². The fourth-order valence-corrected chi connectivity index (χ4v) is 4.09. The highest BCUT2D eigenvalue weighted by Crippen LogP contribution is 2.33. The number of hydrogen-bond donors (Lipinski definition) is 3. The number of aromatic nitrogens is 3. The minimum absolute atomic E-state index is 0.00121. The molecule has 0 aliphatic carbocycles. The molecule has 4 aromatic rings. The molecule has 1 aliphatic heterocycles. The van der Waals surface area contributed by atoms with Crippen molar-refractivity contribution in [3.8, 4) is 11.5 Å². The Labute approximate surface area is 244 Å². The Morgan fingerprint density at radius 3 is 2.38 bits per heavy atom. The van der Waals surface area contributed by atoms with Crippen LogP contribution in [0.15, 0.2) is 54.7 Å². The van der Waals surface area contributed by atoms with Crippen molar-refractivity contribution in [1.82, 2.24) is 14.5 Å². The molecule has 4 N–H and O–H groups in total. The standard InChI is InChI=1S/C30H36N6O6/c1-30(2,3)28(37)42-19-36-11-10-21-26(33-23-7-5-4-6-22(23)31)34-29(35-27(21)36)32-20-8-9-24-25(18-20)41-17-15-39-13-12-38-14-16-40-24/h4-11,18H,12-17,19,31H2,1-3H3,(H2,32,33,34,35). The maximum absolute atomic E-state index is 12.4. The number of nitrogen functional groups attached to an aromatic ring is 1. The van der Waals surface area contributed by atoms with Crippen LogP contribution in [0.2, 0.25) is 0 Å². The molecule has 0 amide bonds. The number of nitrogens with zero attached hydrogens (tertiary/aromatic N) is 3. The van der Waals surface area contributed by atoms with Gasteiger partial charge in [-0.3, -0.25) is 9.36 Å². The van der Waals surface area contributed by atoms with E-state index in [-0.39, 0.29) is 12.7 Å². The molecule has 12 heteroatoms. The minimum atomic E-state index is -0.631. The van der Waals surface area contributed by atoms with E-state index in [1.165, 1.54) is 0 Å². The Balaban J connectivity index is 1.46. The lowest BCUT2D eigenvalue weighted by Crippen LogP contribution is -2.24. The molecule has 0 saturated carbocycles. The molecule has 12 nitrogen and oxygen atoms in total. The zero-order chi connectivity index (χ0) is 29.5. The first-order valence-corrected chi connectivity index (χ1v) is 13.8. The molecule has 0 saturated heterocycles. The zero-order valence-electron chi connectivity index (χ0n) is 24.0. The third-order valence-electron chi connectivity index (χ3n) is 6.32. The Hall–Kier alpha value is -4.55.